The molecular formula is C26H30F3N3O2. The van der Waals surface area contributed by atoms with Crippen LogP contribution in [-0.2, 0) is 11.0 Å². The number of halogens is 3. The molecule has 0 spiro atoms. The molecule has 0 radical (unpaired) electrons. The Morgan fingerprint density at radius 3 is 2.32 bits per heavy atom. The molecule has 1 heterocycles. The van der Waals surface area contributed by atoms with Crippen molar-refractivity contribution in [2.24, 2.45) is 0 Å². The van der Waals surface area contributed by atoms with Crippen molar-refractivity contribution in [1.82, 2.24) is 15.5 Å². The van der Waals surface area contributed by atoms with Crippen LogP contribution in [0.4, 0.5) is 13.2 Å². The number of amides is 2. The molecule has 0 bridgehead atoms. The van der Waals surface area contributed by atoms with Crippen molar-refractivity contribution in [1.29, 1.82) is 0 Å². The Kier molecular flexibility index (Phi) is 7.26. The van der Waals surface area contributed by atoms with Crippen LogP contribution in [0.25, 0.3) is 0 Å². The number of benzene rings is 2. The number of carbonyl (C=O) groups excluding carboxylic acids is 2. The van der Waals surface area contributed by atoms with Crippen molar-refractivity contribution in [3.8, 4) is 0 Å². The van der Waals surface area contributed by atoms with Gasteiger partial charge in [-0.1, -0.05) is 36.4 Å². The Hall–Kier alpha value is -2.87. The maximum absolute atomic E-state index is 13.1. The minimum atomic E-state index is -4.53. The fraction of sp³-hybridized carbons (Fsp3) is 0.462. The summed E-state index contributed by atoms with van der Waals surface area (Å²) in [6.07, 6.45) is 0.0980. The van der Waals surface area contributed by atoms with Gasteiger partial charge >= 0.3 is 6.18 Å². The van der Waals surface area contributed by atoms with Crippen LogP contribution in [0.2, 0.25) is 0 Å². The van der Waals surface area contributed by atoms with Crippen molar-refractivity contribution in [3.05, 3.63) is 70.8 Å². The van der Waals surface area contributed by atoms with E-state index in [0.717, 1.165) is 32.0 Å². The molecule has 34 heavy (non-hydrogen) atoms. The largest absolute Gasteiger partial charge is 0.416 e. The number of nitrogens with zero attached hydrogens (tertiary/aromatic N) is 1. The van der Waals surface area contributed by atoms with Gasteiger partial charge in [0.15, 0.2) is 0 Å². The van der Waals surface area contributed by atoms with Crippen molar-refractivity contribution in [2.45, 2.75) is 56.8 Å². The molecular weight excluding hydrogens is 443 g/mol. The van der Waals surface area contributed by atoms with Gasteiger partial charge in [0.25, 0.3) is 5.91 Å². The Morgan fingerprint density at radius 1 is 1.00 bits per heavy atom. The minimum absolute atomic E-state index is 0.0347. The van der Waals surface area contributed by atoms with E-state index in [9.17, 15) is 22.8 Å². The smallest absolute Gasteiger partial charge is 0.349 e. The third-order valence-electron chi connectivity index (χ3n) is 6.97. The topological polar surface area (TPSA) is 61.4 Å². The second kappa shape index (κ2) is 10.2. The number of alkyl halides is 3. The first-order chi connectivity index (χ1) is 16.2. The van der Waals surface area contributed by atoms with Gasteiger partial charge in [-0.3, -0.25) is 14.5 Å². The van der Waals surface area contributed by atoms with Gasteiger partial charge in [-0.05, 0) is 61.8 Å². The fourth-order valence-electron chi connectivity index (χ4n) is 5.01. The summed E-state index contributed by atoms with van der Waals surface area (Å²) in [5.41, 5.74) is 0.491. The molecule has 1 saturated heterocycles. The van der Waals surface area contributed by atoms with Crippen molar-refractivity contribution in [3.63, 3.8) is 0 Å². The highest BCUT2D eigenvalue weighted by Crippen LogP contribution is 2.36. The predicted molar refractivity (Wildman–Crippen MR) is 123 cm³/mol. The number of hydrogen-bond donors (Lipinski definition) is 2. The minimum Gasteiger partial charge on any atom is -0.349 e. The summed E-state index contributed by atoms with van der Waals surface area (Å²) in [7, 11) is 0. The predicted octanol–water partition coefficient (Wildman–Crippen LogP) is 4.27. The normalized spacial score (nSPS) is 21.5. The highest BCUT2D eigenvalue weighted by atomic mass is 19.4. The zero-order chi connectivity index (χ0) is 24.3. The number of rotatable bonds is 6. The zero-order valence-corrected chi connectivity index (χ0v) is 19.2. The van der Waals surface area contributed by atoms with Gasteiger partial charge in [0.05, 0.1) is 18.2 Å². The van der Waals surface area contributed by atoms with Crippen molar-refractivity contribution in [2.75, 3.05) is 19.6 Å². The first-order valence-corrected chi connectivity index (χ1v) is 11.7. The van der Waals surface area contributed by atoms with E-state index in [1.165, 1.54) is 37.5 Å². The van der Waals surface area contributed by atoms with E-state index >= 15 is 0 Å². The van der Waals surface area contributed by atoms with Crippen molar-refractivity contribution >= 4 is 11.8 Å². The molecule has 4 rings (SSSR count). The van der Waals surface area contributed by atoms with Gasteiger partial charge in [0.1, 0.15) is 0 Å². The van der Waals surface area contributed by atoms with Gasteiger partial charge in [-0.25, -0.2) is 0 Å². The van der Waals surface area contributed by atoms with Gasteiger partial charge in [-0.2, -0.15) is 13.2 Å². The average molecular weight is 474 g/mol. The number of nitrogens with one attached hydrogen (secondary N) is 2. The van der Waals surface area contributed by atoms with Crippen LogP contribution in [0.5, 0.6) is 0 Å². The molecule has 2 amide bonds. The molecule has 8 heteroatoms. The first-order valence-electron chi connectivity index (χ1n) is 11.7. The first kappa shape index (κ1) is 24.3. The number of likely N-dealkylation sites (tertiary alicyclic amines) is 1. The monoisotopic (exact) mass is 473 g/mol. The SMILES string of the molecule is Cc1ccc(C(=O)NCC(=O)NC2CN(C3CCC(c4ccccc4)CC3)C2)cc1C(F)(F)F. The van der Waals surface area contributed by atoms with Gasteiger partial charge in [0, 0.05) is 24.7 Å². The molecule has 0 aromatic heterocycles. The van der Waals surface area contributed by atoms with E-state index in [1.807, 2.05) is 6.07 Å². The molecule has 5 nitrogen and oxygen atoms in total. The number of aryl methyl sites for hydroxylation is 1. The summed E-state index contributed by atoms with van der Waals surface area (Å²) < 4.78 is 39.2. The quantitative estimate of drug-likeness (QED) is 0.659. The van der Waals surface area contributed by atoms with E-state index in [1.54, 1.807) is 0 Å². The standard InChI is InChI=1S/C26H30F3N3O2/c1-17-7-8-20(13-23(17)26(27,28)29)25(34)30-14-24(33)31-21-15-32(16-21)22-11-9-19(10-12-22)18-5-3-2-4-6-18/h2-8,13,19,21-22H,9-12,14-16H2,1H3,(H,30,34)(H,31,33). The lowest BCUT2D eigenvalue weighted by Gasteiger charge is -2.46. The average Bonchev–Trinajstić information content (AvgIpc) is 2.80. The lowest BCUT2D eigenvalue weighted by molar-refractivity contribution is -0.138. The lowest BCUT2D eigenvalue weighted by Crippen LogP contribution is -2.63. The van der Waals surface area contributed by atoms with E-state index < -0.39 is 17.6 Å². The van der Waals surface area contributed by atoms with Crippen LogP contribution < -0.4 is 10.6 Å². The molecule has 2 aromatic carbocycles. The second-order valence-corrected chi connectivity index (χ2v) is 9.34. The molecule has 182 valence electrons. The Labute approximate surface area is 197 Å². The summed E-state index contributed by atoms with van der Waals surface area (Å²) in [4.78, 5) is 26.8. The molecule has 2 N–H and O–H groups in total. The Bertz CT molecular complexity index is 1010. The van der Waals surface area contributed by atoms with Gasteiger partial charge in [0.2, 0.25) is 5.91 Å². The molecule has 1 aliphatic heterocycles. The van der Waals surface area contributed by atoms with E-state index in [4.69, 9.17) is 0 Å². The number of hydrogen-bond acceptors (Lipinski definition) is 3. The molecule has 2 aromatic rings. The molecule has 0 atom stereocenters. The maximum Gasteiger partial charge on any atom is 0.416 e. The zero-order valence-electron chi connectivity index (χ0n) is 19.2. The summed E-state index contributed by atoms with van der Waals surface area (Å²) in [5.74, 6) is -0.418. The van der Waals surface area contributed by atoms with Crippen LogP contribution in [0.3, 0.4) is 0 Å². The summed E-state index contributed by atoms with van der Waals surface area (Å²) in [6, 6.07) is 14.6. The Balaban J connectivity index is 1.17. The Morgan fingerprint density at radius 2 is 1.68 bits per heavy atom. The maximum atomic E-state index is 13.1. The van der Waals surface area contributed by atoms with Crippen LogP contribution in [0.1, 0.15) is 58.6 Å². The van der Waals surface area contributed by atoms with E-state index in [0.29, 0.717) is 12.0 Å². The molecule has 1 aliphatic carbocycles. The summed E-state index contributed by atoms with van der Waals surface area (Å²) in [5, 5.41) is 5.31. The summed E-state index contributed by atoms with van der Waals surface area (Å²) >= 11 is 0. The fourth-order valence-corrected chi connectivity index (χ4v) is 5.01. The van der Waals surface area contributed by atoms with Crippen molar-refractivity contribution < 1.29 is 22.8 Å². The van der Waals surface area contributed by atoms with Crippen LogP contribution >= 0.6 is 0 Å². The third-order valence-corrected chi connectivity index (χ3v) is 6.97. The molecule has 1 saturated carbocycles. The molecule has 2 fully saturated rings. The summed E-state index contributed by atoms with van der Waals surface area (Å²) in [6.45, 7) is 2.64. The van der Waals surface area contributed by atoms with Crippen LogP contribution in [0, 0.1) is 6.92 Å². The second-order valence-electron chi connectivity index (χ2n) is 9.34. The van der Waals surface area contributed by atoms with Crippen LogP contribution in [-0.4, -0.2) is 48.4 Å². The molecule has 0 unspecified atom stereocenters. The molecule has 2 aliphatic rings. The third kappa shape index (κ3) is 5.78. The van der Waals surface area contributed by atoms with E-state index in [-0.39, 0.29) is 29.6 Å². The van der Waals surface area contributed by atoms with E-state index in [2.05, 4.69) is 39.8 Å². The highest BCUT2D eigenvalue weighted by molar-refractivity contribution is 5.96. The van der Waals surface area contributed by atoms with Gasteiger partial charge in [-0.15, -0.1) is 0 Å². The number of carbonyl (C=O) groups is 2. The van der Waals surface area contributed by atoms with Crippen LogP contribution in [0.15, 0.2) is 48.5 Å². The highest BCUT2D eigenvalue weighted by Gasteiger charge is 2.36. The lowest BCUT2D eigenvalue weighted by atomic mass is 9.80. The van der Waals surface area contributed by atoms with Gasteiger partial charge < -0.3 is 10.6 Å².